The van der Waals surface area contributed by atoms with Gasteiger partial charge in [0.25, 0.3) is 0 Å². The van der Waals surface area contributed by atoms with E-state index < -0.39 is 5.60 Å². The molecule has 0 saturated carbocycles. The highest BCUT2D eigenvalue weighted by atomic mass is 16.6. The molecule has 4 heteroatoms. The highest BCUT2D eigenvalue weighted by Crippen LogP contribution is 2.42. The van der Waals surface area contributed by atoms with E-state index in [2.05, 4.69) is 42.6 Å². The summed E-state index contributed by atoms with van der Waals surface area (Å²) in [5.74, 6) is 0. The van der Waals surface area contributed by atoms with Crippen LogP contribution in [-0.4, -0.2) is 34.7 Å². The number of nitrogens with one attached hydrogen (secondary N) is 1. The minimum atomic E-state index is -0.462. The van der Waals surface area contributed by atoms with Gasteiger partial charge in [-0.3, -0.25) is 0 Å². The van der Waals surface area contributed by atoms with E-state index in [9.17, 15) is 4.79 Å². The highest BCUT2D eigenvalue weighted by Gasteiger charge is 2.50. The van der Waals surface area contributed by atoms with Gasteiger partial charge in [-0.15, -0.1) is 0 Å². The van der Waals surface area contributed by atoms with Gasteiger partial charge in [0.2, 0.25) is 0 Å². The molecule has 138 valence electrons. The van der Waals surface area contributed by atoms with Gasteiger partial charge in [0.1, 0.15) is 5.60 Å². The third-order valence-corrected chi connectivity index (χ3v) is 5.58. The minimum Gasteiger partial charge on any atom is -0.444 e. The lowest BCUT2D eigenvalue weighted by molar-refractivity contribution is -0.00660. The number of ether oxygens (including phenoxy) is 1. The van der Waals surface area contributed by atoms with Crippen LogP contribution in [0.3, 0.4) is 0 Å². The molecular weight excluding hydrogens is 312 g/mol. The predicted octanol–water partition coefficient (Wildman–Crippen LogP) is 4.66. The molecule has 2 aliphatic heterocycles. The Labute approximate surface area is 151 Å². The van der Waals surface area contributed by atoms with Gasteiger partial charge in [0, 0.05) is 18.6 Å². The van der Waals surface area contributed by atoms with E-state index in [0.717, 1.165) is 25.8 Å². The van der Waals surface area contributed by atoms with Gasteiger partial charge in [-0.2, -0.15) is 0 Å². The van der Waals surface area contributed by atoms with Gasteiger partial charge in [0.15, 0.2) is 0 Å². The molecule has 2 fully saturated rings. The molecular formula is C21H32N2O2. The first-order valence-corrected chi connectivity index (χ1v) is 9.61. The van der Waals surface area contributed by atoms with Crippen LogP contribution in [0.1, 0.15) is 71.4 Å². The molecule has 25 heavy (non-hydrogen) atoms. The van der Waals surface area contributed by atoms with Crippen LogP contribution in [-0.2, 0) is 4.74 Å². The molecule has 1 aromatic rings. The van der Waals surface area contributed by atoms with E-state index in [1.807, 2.05) is 25.7 Å². The summed E-state index contributed by atoms with van der Waals surface area (Å²) in [6.07, 6.45) is 5.32. The van der Waals surface area contributed by atoms with Crippen LogP contribution >= 0.6 is 0 Å². The van der Waals surface area contributed by atoms with Gasteiger partial charge < -0.3 is 15.0 Å². The molecule has 0 radical (unpaired) electrons. The van der Waals surface area contributed by atoms with E-state index in [1.165, 1.54) is 18.4 Å². The zero-order chi connectivity index (χ0) is 18.1. The van der Waals surface area contributed by atoms with Crippen molar-refractivity contribution in [2.45, 2.75) is 83.0 Å². The van der Waals surface area contributed by atoms with Crippen molar-refractivity contribution in [1.29, 1.82) is 0 Å². The van der Waals surface area contributed by atoms with E-state index in [4.69, 9.17) is 4.74 Å². The number of carbonyl (C=O) groups excluding carboxylic acids is 1. The first-order chi connectivity index (χ1) is 11.8. The standard InChI is InChI=1S/C21H32N2O2/c1-20(2,3)25-19(24)23-14-10-6-9-13-18-21(23,4)15-17(22-18)16-11-7-5-8-12-16/h5,7-8,11-12,17-18,22H,6,9-10,13-15H2,1-4H3/t17-,18?,21-/m0/s1. The smallest absolute Gasteiger partial charge is 0.410 e. The second-order valence-corrected chi connectivity index (χ2v) is 8.73. The first kappa shape index (κ1) is 18.2. The number of hydrogen-bond acceptors (Lipinski definition) is 3. The number of rotatable bonds is 1. The predicted molar refractivity (Wildman–Crippen MR) is 101 cm³/mol. The summed E-state index contributed by atoms with van der Waals surface area (Å²) in [4.78, 5) is 15.0. The number of amides is 1. The van der Waals surface area contributed by atoms with Crippen molar-refractivity contribution in [3.05, 3.63) is 35.9 Å². The van der Waals surface area contributed by atoms with Crippen molar-refractivity contribution in [1.82, 2.24) is 10.2 Å². The van der Waals surface area contributed by atoms with Crippen LogP contribution in [0.2, 0.25) is 0 Å². The van der Waals surface area contributed by atoms with Crippen LogP contribution in [0.15, 0.2) is 30.3 Å². The van der Waals surface area contributed by atoms with Gasteiger partial charge in [-0.05, 0) is 52.5 Å². The lowest BCUT2D eigenvalue weighted by atomic mass is 9.84. The normalized spacial score (nSPS) is 30.3. The summed E-state index contributed by atoms with van der Waals surface area (Å²) >= 11 is 0. The molecule has 1 N–H and O–H groups in total. The molecule has 1 amide bonds. The maximum atomic E-state index is 12.9. The first-order valence-electron chi connectivity index (χ1n) is 9.61. The van der Waals surface area contributed by atoms with Gasteiger partial charge in [-0.25, -0.2) is 4.79 Å². The quantitative estimate of drug-likeness (QED) is 0.805. The Balaban J connectivity index is 1.86. The molecule has 0 aromatic heterocycles. The fraction of sp³-hybridized carbons (Fsp3) is 0.667. The largest absolute Gasteiger partial charge is 0.444 e. The molecule has 3 atom stereocenters. The second kappa shape index (κ2) is 6.99. The van der Waals surface area contributed by atoms with Crippen molar-refractivity contribution in [2.75, 3.05) is 6.54 Å². The Morgan fingerprint density at radius 3 is 2.60 bits per heavy atom. The molecule has 4 nitrogen and oxygen atoms in total. The molecule has 1 aromatic carbocycles. The average Bonchev–Trinajstić information content (AvgIpc) is 2.84. The molecule has 2 heterocycles. The molecule has 0 spiro atoms. The Morgan fingerprint density at radius 2 is 1.92 bits per heavy atom. The Kier molecular flexibility index (Phi) is 5.10. The lowest BCUT2D eigenvalue weighted by Crippen LogP contribution is -2.58. The molecule has 0 aliphatic carbocycles. The number of hydrogen-bond donors (Lipinski definition) is 1. The highest BCUT2D eigenvalue weighted by molar-refractivity contribution is 5.69. The topological polar surface area (TPSA) is 41.6 Å². The number of likely N-dealkylation sites (tertiary alicyclic amines) is 1. The van der Waals surface area contributed by atoms with Crippen LogP contribution in [0.5, 0.6) is 0 Å². The number of nitrogens with zero attached hydrogens (tertiary/aromatic N) is 1. The van der Waals surface area contributed by atoms with Gasteiger partial charge >= 0.3 is 6.09 Å². The molecule has 2 saturated heterocycles. The molecule has 3 rings (SSSR count). The second-order valence-electron chi connectivity index (χ2n) is 8.73. The third-order valence-electron chi connectivity index (χ3n) is 5.58. The van der Waals surface area contributed by atoms with Crippen molar-refractivity contribution >= 4 is 6.09 Å². The van der Waals surface area contributed by atoms with Crippen LogP contribution < -0.4 is 5.32 Å². The summed E-state index contributed by atoms with van der Waals surface area (Å²) in [7, 11) is 0. The van der Waals surface area contributed by atoms with Gasteiger partial charge in [0.05, 0.1) is 5.54 Å². The molecule has 0 bridgehead atoms. The summed E-state index contributed by atoms with van der Waals surface area (Å²) in [6.45, 7) is 8.84. The lowest BCUT2D eigenvalue weighted by Gasteiger charge is -2.44. The Morgan fingerprint density at radius 1 is 1.20 bits per heavy atom. The molecule has 1 unspecified atom stereocenters. The number of benzene rings is 1. The monoisotopic (exact) mass is 344 g/mol. The SMILES string of the molecule is CC(C)(C)OC(=O)N1CCCCCC2N[C@H](c3ccccc3)C[C@@]21C. The van der Waals surface area contributed by atoms with Crippen molar-refractivity contribution in [2.24, 2.45) is 0 Å². The van der Waals surface area contributed by atoms with Crippen LogP contribution in [0.4, 0.5) is 4.79 Å². The third kappa shape index (κ3) is 4.00. The number of fused-ring (bicyclic) bond motifs is 1. The van der Waals surface area contributed by atoms with Crippen LogP contribution in [0.25, 0.3) is 0 Å². The van der Waals surface area contributed by atoms with E-state index in [-0.39, 0.29) is 11.6 Å². The Hall–Kier alpha value is -1.55. The van der Waals surface area contributed by atoms with E-state index >= 15 is 0 Å². The van der Waals surface area contributed by atoms with Crippen molar-refractivity contribution < 1.29 is 9.53 Å². The summed E-state index contributed by atoms with van der Waals surface area (Å²) in [5.41, 5.74) is 0.638. The zero-order valence-electron chi connectivity index (χ0n) is 16.0. The summed E-state index contributed by atoms with van der Waals surface area (Å²) in [5, 5.41) is 3.82. The Bertz CT molecular complexity index is 596. The fourth-order valence-corrected chi connectivity index (χ4v) is 4.30. The van der Waals surface area contributed by atoms with Crippen molar-refractivity contribution in [3.8, 4) is 0 Å². The summed E-state index contributed by atoms with van der Waals surface area (Å²) < 4.78 is 5.75. The van der Waals surface area contributed by atoms with Gasteiger partial charge in [-0.1, -0.05) is 43.2 Å². The summed E-state index contributed by atoms with van der Waals surface area (Å²) in [6, 6.07) is 11.2. The maximum Gasteiger partial charge on any atom is 0.410 e. The van der Waals surface area contributed by atoms with Crippen molar-refractivity contribution in [3.63, 3.8) is 0 Å². The maximum absolute atomic E-state index is 12.9. The fourth-order valence-electron chi connectivity index (χ4n) is 4.30. The van der Waals surface area contributed by atoms with Crippen LogP contribution in [0, 0.1) is 0 Å². The zero-order valence-corrected chi connectivity index (χ0v) is 16.0. The average molecular weight is 344 g/mol. The van der Waals surface area contributed by atoms with E-state index in [1.54, 1.807) is 0 Å². The minimum absolute atomic E-state index is 0.169. The van der Waals surface area contributed by atoms with E-state index in [0.29, 0.717) is 12.1 Å². The number of carbonyl (C=O) groups is 1. The molecule has 2 aliphatic rings.